The lowest BCUT2D eigenvalue weighted by atomic mass is 9.78. The highest BCUT2D eigenvalue weighted by atomic mass is 35.5. The van der Waals surface area contributed by atoms with Gasteiger partial charge in [-0.25, -0.2) is 0 Å². The molecule has 0 radical (unpaired) electrons. The molecule has 6 rings (SSSR count). The largest absolute Gasteiger partial charge is 0.489 e. The fourth-order valence-electron chi connectivity index (χ4n) is 6.86. The summed E-state index contributed by atoms with van der Waals surface area (Å²) in [5.41, 5.74) is 1.25. The van der Waals surface area contributed by atoms with E-state index in [9.17, 15) is 9.90 Å². The summed E-state index contributed by atoms with van der Waals surface area (Å²) in [5.74, 6) is 1.41. The lowest BCUT2D eigenvalue weighted by molar-refractivity contribution is -0.144. The van der Waals surface area contributed by atoms with Gasteiger partial charge in [0, 0.05) is 24.0 Å². The maximum atomic E-state index is 11.8. The van der Waals surface area contributed by atoms with Gasteiger partial charge in [0.2, 0.25) is 0 Å². The number of ether oxygens (including phenoxy) is 1. The van der Waals surface area contributed by atoms with Crippen LogP contribution in [0.25, 0.3) is 10.8 Å². The predicted molar refractivity (Wildman–Crippen MR) is 142 cm³/mol. The minimum atomic E-state index is -0.627. The summed E-state index contributed by atoms with van der Waals surface area (Å²) in [5, 5.41) is 12.6. The fraction of sp³-hybridized carbons (Fsp3) is 0.633. The summed E-state index contributed by atoms with van der Waals surface area (Å²) >= 11 is 6.94. The molecule has 0 amide bonds. The quantitative estimate of drug-likeness (QED) is 0.441. The molecule has 1 N–H and O–H groups in total. The van der Waals surface area contributed by atoms with Crippen LogP contribution in [0.15, 0.2) is 30.3 Å². The van der Waals surface area contributed by atoms with Crippen molar-refractivity contribution in [2.45, 2.75) is 96.2 Å². The molecule has 2 aromatic carbocycles. The van der Waals surface area contributed by atoms with E-state index in [-0.39, 0.29) is 18.1 Å². The van der Waals surface area contributed by atoms with Crippen molar-refractivity contribution in [1.82, 2.24) is 4.90 Å². The van der Waals surface area contributed by atoms with Crippen LogP contribution in [0.3, 0.4) is 0 Å². The monoisotopic (exact) mass is 497 g/mol. The average Bonchev–Trinajstić information content (AvgIpc) is 2.85. The van der Waals surface area contributed by atoms with E-state index in [4.69, 9.17) is 16.3 Å². The predicted octanol–water partition coefficient (Wildman–Crippen LogP) is 7.87. The molecule has 190 valence electrons. The van der Waals surface area contributed by atoms with E-state index < -0.39 is 5.97 Å². The summed E-state index contributed by atoms with van der Waals surface area (Å²) in [7, 11) is 0. The molecule has 2 heterocycles. The van der Waals surface area contributed by atoms with Crippen molar-refractivity contribution in [3.63, 3.8) is 0 Å². The summed E-state index contributed by atoms with van der Waals surface area (Å²) in [4.78, 5) is 14.4. The maximum Gasteiger partial charge on any atom is 0.306 e. The van der Waals surface area contributed by atoms with Crippen LogP contribution in [0.4, 0.5) is 0 Å². The van der Waals surface area contributed by atoms with Crippen LogP contribution in [0, 0.1) is 17.8 Å². The first-order valence-corrected chi connectivity index (χ1v) is 14.2. The van der Waals surface area contributed by atoms with Crippen molar-refractivity contribution in [3.8, 4) is 5.75 Å². The number of hydrogen-bond acceptors (Lipinski definition) is 3. The minimum absolute atomic E-state index is 0.212. The van der Waals surface area contributed by atoms with Gasteiger partial charge in [0.05, 0.1) is 17.0 Å². The highest BCUT2D eigenvalue weighted by Crippen LogP contribution is 2.41. The Kier molecular flexibility index (Phi) is 7.60. The molecular weight excluding hydrogens is 458 g/mol. The molecule has 4 fully saturated rings. The molecule has 4 atom stereocenters. The fourth-order valence-corrected chi connectivity index (χ4v) is 7.13. The lowest BCUT2D eigenvalue weighted by Gasteiger charge is -2.46. The van der Waals surface area contributed by atoms with Gasteiger partial charge in [-0.2, -0.15) is 0 Å². The molecule has 4 nitrogen and oxygen atoms in total. The van der Waals surface area contributed by atoms with Crippen molar-refractivity contribution in [2.75, 3.05) is 6.54 Å². The Morgan fingerprint density at radius 2 is 1.83 bits per heavy atom. The molecule has 4 unspecified atom stereocenters. The third kappa shape index (κ3) is 5.34. The van der Waals surface area contributed by atoms with Crippen LogP contribution < -0.4 is 4.74 Å². The van der Waals surface area contributed by atoms with Gasteiger partial charge in [0.1, 0.15) is 5.75 Å². The van der Waals surface area contributed by atoms with E-state index >= 15 is 0 Å². The molecule has 2 aliphatic heterocycles. The zero-order valence-corrected chi connectivity index (χ0v) is 22.0. The summed E-state index contributed by atoms with van der Waals surface area (Å²) in [6.07, 6.45) is 11.2. The zero-order chi connectivity index (χ0) is 24.5. The first-order valence-electron chi connectivity index (χ1n) is 13.8. The summed E-state index contributed by atoms with van der Waals surface area (Å²) < 4.78 is 6.41. The molecule has 2 bridgehead atoms. The van der Waals surface area contributed by atoms with Crippen molar-refractivity contribution < 1.29 is 14.6 Å². The Morgan fingerprint density at radius 1 is 1.09 bits per heavy atom. The summed E-state index contributed by atoms with van der Waals surface area (Å²) in [6.45, 7) is 5.62. The van der Waals surface area contributed by atoms with E-state index in [2.05, 4.69) is 43.0 Å². The van der Waals surface area contributed by atoms with Crippen LogP contribution in [0.2, 0.25) is 5.02 Å². The van der Waals surface area contributed by atoms with Gasteiger partial charge in [0.25, 0.3) is 0 Å². The Morgan fingerprint density at radius 3 is 2.57 bits per heavy atom. The maximum absolute atomic E-state index is 11.8. The van der Waals surface area contributed by atoms with Gasteiger partial charge < -0.3 is 9.84 Å². The third-order valence-electron chi connectivity index (χ3n) is 9.26. The molecule has 0 aromatic heterocycles. The lowest BCUT2D eigenvalue weighted by Crippen LogP contribution is -2.47. The second kappa shape index (κ2) is 10.7. The number of carboxylic acid groups (broad SMARTS) is 1. The smallest absolute Gasteiger partial charge is 0.306 e. The van der Waals surface area contributed by atoms with Gasteiger partial charge >= 0.3 is 5.97 Å². The molecule has 4 aliphatic rings. The number of nitrogens with zero attached hydrogens (tertiary/aromatic N) is 1. The number of rotatable bonds is 6. The number of carbonyl (C=O) groups is 1. The number of piperidine rings is 1. The molecule has 35 heavy (non-hydrogen) atoms. The van der Waals surface area contributed by atoms with Crippen molar-refractivity contribution in [3.05, 3.63) is 40.9 Å². The van der Waals surface area contributed by atoms with Crippen molar-refractivity contribution in [2.24, 2.45) is 17.8 Å². The SMILES string of the molecule is CC[C@H]1CC[C@@H](Oc2ccc3ccc(C(C)N4CC5CCC(C(=O)O)CC4CC5)cc3c2Cl)CC1. The second-order valence-electron chi connectivity index (χ2n) is 11.3. The van der Waals surface area contributed by atoms with Gasteiger partial charge in [-0.3, -0.25) is 9.69 Å². The van der Waals surface area contributed by atoms with E-state index in [1.807, 2.05) is 6.07 Å². The van der Waals surface area contributed by atoms with Crippen LogP contribution >= 0.6 is 11.6 Å². The minimum Gasteiger partial charge on any atom is -0.489 e. The summed E-state index contributed by atoms with van der Waals surface area (Å²) in [6, 6.07) is 11.3. The normalized spacial score (nSPS) is 30.5. The first-order chi connectivity index (χ1) is 16.9. The Hall–Kier alpha value is -1.78. The average molecular weight is 498 g/mol. The molecular formula is C30H40ClNO3. The van der Waals surface area contributed by atoms with Crippen LogP contribution in [-0.2, 0) is 4.79 Å². The zero-order valence-electron chi connectivity index (χ0n) is 21.2. The van der Waals surface area contributed by atoms with Gasteiger partial charge in [-0.05, 0) is 99.6 Å². The number of aliphatic carboxylic acids is 1. The molecule has 2 aromatic rings. The highest BCUT2D eigenvalue weighted by molar-refractivity contribution is 6.37. The number of carboxylic acids is 1. The van der Waals surface area contributed by atoms with E-state index in [0.29, 0.717) is 17.0 Å². The molecule has 5 heteroatoms. The standard InChI is InChI=1S/C30H40ClNO3/c1-3-20-6-13-26(14-7-20)35-28-15-11-22-9-10-23(17-27(22)29(28)31)19(2)32-18-21-4-8-24(30(33)34)16-25(32)12-5-21/h9-11,15,17,19-21,24-26H,3-8,12-14,16,18H2,1-2H3,(H,33,34)/t19?,20-,21?,24?,25?,26+. The second-order valence-corrected chi connectivity index (χ2v) is 11.7. The molecule has 0 spiro atoms. The molecule has 2 saturated carbocycles. The Balaban J connectivity index is 1.36. The number of benzene rings is 2. The van der Waals surface area contributed by atoms with E-state index in [1.54, 1.807) is 0 Å². The number of halogens is 1. The van der Waals surface area contributed by atoms with Crippen LogP contribution in [0.5, 0.6) is 5.75 Å². The Labute approximate surface area is 215 Å². The van der Waals surface area contributed by atoms with Gasteiger partial charge in [0.15, 0.2) is 0 Å². The number of hydrogen-bond donors (Lipinski definition) is 1. The van der Waals surface area contributed by atoms with E-state index in [1.165, 1.54) is 31.2 Å². The van der Waals surface area contributed by atoms with Crippen molar-refractivity contribution >= 4 is 28.3 Å². The van der Waals surface area contributed by atoms with Crippen molar-refractivity contribution in [1.29, 1.82) is 0 Å². The van der Waals surface area contributed by atoms with Gasteiger partial charge in [-0.1, -0.05) is 43.1 Å². The highest BCUT2D eigenvalue weighted by Gasteiger charge is 2.37. The van der Waals surface area contributed by atoms with Crippen LogP contribution in [-0.4, -0.2) is 34.7 Å². The Bertz CT molecular complexity index is 1050. The van der Waals surface area contributed by atoms with Gasteiger partial charge in [-0.15, -0.1) is 0 Å². The van der Waals surface area contributed by atoms with E-state index in [0.717, 1.165) is 67.5 Å². The first kappa shape index (κ1) is 24.9. The third-order valence-corrected chi connectivity index (χ3v) is 9.65. The van der Waals surface area contributed by atoms with Crippen LogP contribution in [0.1, 0.15) is 89.7 Å². The number of fused-ring (bicyclic) bond motifs is 6. The molecule has 2 aliphatic carbocycles. The molecule has 2 saturated heterocycles. The topological polar surface area (TPSA) is 49.8 Å².